The number of likely N-dealkylation sites (N-methyl/N-ethyl adjacent to an activating group) is 1. The molecule has 2 aliphatic heterocycles. The van der Waals surface area contributed by atoms with Gasteiger partial charge < -0.3 is 25.0 Å². The minimum atomic E-state index is -0.373. The van der Waals surface area contributed by atoms with Crippen molar-refractivity contribution < 1.29 is 19.1 Å². The maximum absolute atomic E-state index is 12.3. The average molecular weight is 305 g/mol. The highest BCUT2D eigenvalue weighted by Crippen LogP contribution is 2.32. The molecule has 1 aromatic rings. The van der Waals surface area contributed by atoms with Crippen molar-refractivity contribution in [3.8, 4) is 11.5 Å². The smallest absolute Gasteiger partial charge is 0.318 e. The fraction of sp³-hybridized carbons (Fsp3) is 0.467. The van der Waals surface area contributed by atoms with Crippen LogP contribution < -0.4 is 20.1 Å². The van der Waals surface area contributed by atoms with Crippen LogP contribution in [0.4, 0.5) is 4.79 Å². The molecule has 0 aliphatic carbocycles. The number of hydrogen-bond acceptors (Lipinski definition) is 4. The number of rotatable bonds is 3. The van der Waals surface area contributed by atoms with Crippen LogP contribution in [-0.4, -0.2) is 43.3 Å². The van der Waals surface area contributed by atoms with Crippen LogP contribution in [0.25, 0.3) is 0 Å². The quantitative estimate of drug-likeness (QED) is 0.867. The number of nitrogens with one attached hydrogen (secondary N) is 2. The van der Waals surface area contributed by atoms with Crippen molar-refractivity contribution in [2.75, 3.05) is 20.4 Å². The van der Waals surface area contributed by atoms with Gasteiger partial charge in [0.05, 0.1) is 0 Å². The van der Waals surface area contributed by atoms with Gasteiger partial charge in [-0.3, -0.25) is 4.79 Å². The van der Waals surface area contributed by atoms with Crippen LogP contribution in [0, 0.1) is 0 Å². The molecular weight excluding hydrogens is 286 g/mol. The van der Waals surface area contributed by atoms with Crippen LogP contribution in [0.2, 0.25) is 0 Å². The molecule has 0 saturated carbocycles. The zero-order chi connectivity index (χ0) is 15.5. The Bertz CT molecular complexity index is 590. The summed E-state index contributed by atoms with van der Waals surface area (Å²) in [6.45, 7) is 1.21. The second kappa shape index (κ2) is 6.13. The fourth-order valence-corrected chi connectivity index (χ4v) is 2.78. The number of carbonyl (C=O) groups excluding carboxylic acids is 2. The molecule has 2 N–H and O–H groups in total. The Labute approximate surface area is 128 Å². The minimum absolute atomic E-state index is 0.115. The second-order valence-electron chi connectivity index (χ2n) is 5.31. The van der Waals surface area contributed by atoms with E-state index in [4.69, 9.17) is 9.47 Å². The lowest BCUT2D eigenvalue weighted by Crippen LogP contribution is -2.48. The summed E-state index contributed by atoms with van der Waals surface area (Å²) in [5, 5.41) is 5.45. The molecule has 0 aromatic heterocycles. The van der Waals surface area contributed by atoms with Crippen molar-refractivity contribution in [2.45, 2.75) is 25.4 Å². The van der Waals surface area contributed by atoms with E-state index < -0.39 is 0 Å². The molecule has 1 aromatic carbocycles. The Morgan fingerprint density at radius 3 is 2.95 bits per heavy atom. The normalized spacial score (nSPS) is 19.1. The van der Waals surface area contributed by atoms with Crippen molar-refractivity contribution in [2.24, 2.45) is 0 Å². The molecule has 3 rings (SSSR count). The average Bonchev–Trinajstić information content (AvgIpc) is 3.19. The number of likely N-dealkylation sites (tertiary alicyclic amines) is 1. The monoisotopic (exact) mass is 305 g/mol. The SMILES string of the molecule is CNC(=O)C1CCCN1C(=O)NCc1ccc2c(c1)OCO2. The van der Waals surface area contributed by atoms with Gasteiger partial charge in [0.2, 0.25) is 12.7 Å². The van der Waals surface area contributed by atoms with Crippen molar-refractivity contribution in [3.05, 3.63) is 23.8 Å². The Hall–Kier alpha value is -2.44. The number of benzene rings is 1. The Morgan fingerprint density at radius 2 is 2.14 bits per heavy atom. The molecule has 0 spiro atoms. The van der Waals surface area contributed by atoms with Crippen LogP contribution in [0.5, 0.6) is 11.5 Å². The lowest BCUT2D eigenvalue weighted by atomic mass is 10.2. The van der Waals surface area contributed by atoms with Crippen molar-refractivity contribution in [3.63, 3.8) is 0 Å². The van der Waals surface area contributed by atoms with E-state index >= 15 is 0 Å². The maximum Gasteiger partial charge on any atom is 0.318 e. The van der Waals surface area contributed by atoms with Gasteiger partial charge in [0.25, 0.3) is 0 Å². The highest BCUT2D eigenvalue weighted by molar-refractivity contribution is 5.87. The molecule has 7 heteroatoms. The molecule has 0 radical (unpaired) electrons. The summed E-state index contributed by atoms with van der Waals surface area (Å²) in [5.41, 5.74) is 0.924. The summed E-state index contributed by atoms with van der Waals surface area (Å²) in [6, 6.07) is 4.97. The van der Waals surface area contributed by atoms with E-state index in [1.54, 1.807) is 11.9 Å². The summed E-state index contributed by atoms with van der Waals surface area (Å²) in [5.74, 6) is 1.29. The van der Waals surface area contributed by atoms with Gasteiger partial charge in [-0.05, 0) is 30.5 Å². The van der Waals surface area contributed by atoms with Gasteiger partial charge in [0.15, 0.2) is 11.5 Å². The molecule has 118 valence electrons. The number of urea groups is 1. The van der Waals surface area contributed by atoms with Crippen LogP contribution in [0.15, 0.2) is 18.2 Å². The Morgan fingerprint density at radius 1 is 1.32 bits per heavy atom. The first-order valence-corrected chi connectivity index (χ1v) is 7.33. The zero-order valence-electron chi connectivity index (χ0n) is 12.4. The third-order valence-electron chi connectivity index (χ3n) is 3.94. The predicted octanol–water partition coefficient (Wildman–Crippen LogP) is 0.835. The third-order valence-corrected chi connectivity index (χ3v) is 3.94. The summed E-state index contributed by atoms with van der Waals surface area (Å²) in [7, 11) is 1.59. The van der Waals surface area contributed by atoms with Gasteiger partial charge in [-0.25, -0.2) is 4.79 Å². The largest absolute Gasteiger partial charge is 0.454 e. The molecule has 1 fully saturated rings. The predicted molar refractivity (Wildman–Crippen MR) is 78.6 cm³/mol. The highest BCUT2D eigenvalue weighted by atomic mass is 16.7. The van der Waals surface area contributed by atoms with Crippen LogP contribution in [0.3, 0.4) is 0 Å². The molecular formula is C15H19N3O4. The lowest BCUT2D eigenvalue weighted by molar-refractivity contribution is -0.124. The maximum atomic E-state index is 12.3. The summed E-state index contributed by atoms with van der Waals surface area (Å²) < 4.78 is 10.6. The molecule has 7 nitrogen and oxygen atoms in total. The minimum Gasteiger partial charge on any atom is -0.454 e. The Kier molecular flexibility index (Phi) is 4.04. The summed E-state index contributed by atoms with van der Waals surface area (Å²) in [4.78, 5) is 25.6. The van der Waals surface area contributed by atoms with Gasteiger partial charge >= 0.3 is 6.03 Å². The molecule has 1 unspecified atom stereocenters. The van der Waals surface area contributed by atoms with Gasteiger partial charge in [-0.2, -0.15) is 0 Å². The highest BCUT2D eigenvalue weighted by Gasteiger charge is 2.33. The fourth-order valence-electron chi connectivity index (χ4n) is 2.78. The van der Waals surface area contributed by atoms with Crippen molar-refractivity contribution in [1.29, 1.82) is 0 Å². The van der Waals surface area contributed by atoms with E-state index in [1.165, 1.54) is 0 Å². The van der Waals surface area contributed by atoms with E-state index in [2.05, 4.69) is 10.6 Å². The molecule has 2 aliphatic rings. The van der Waals surface area contributed by atoms with Gasteiger partial charge in [0.1, 0.15) is 6.04 Å². The topological polar surface area (TPSA) is 79.9 Å². The summed E-state index contributed by atoms with van der Waals surface area (Å²) >= 11 is 0. The standard InChI is InChI=1S/C15H19N3O4/c1-16-14(19)11-3-2-6-18(11)15(20)17-8-10-4-5-12-13(7-10)22-9-21-12/h4-5,7,11H,2-3,6,8-9H2,1H3,(H,16,19)(H,17,20). The Balaban J connectivity index is 1.59. The number of hydrogen-bond donors (Lipinski definition) is 2. The summed E-state index contributed by atoms with van der Waals surface area (Å²) in [6.07, 6.45) is 1.55. The van der Waals surface area contributed by atoms with Crippen LogP contribution >= 0.6 is 0 Å². The van der Waals surface area contributed by atoms with Gasteiger partial charge in [-0.1, -0.05) is 6.07 Å². The van der Waals surface area contributed by atoms with E-state index in [0.29, 0.717) is 31.0 Å². The molecule has 22 heavy (non-hydrogen) atoms. The number of ether oxygens (including phenoxy) is 2. The van der Waals surface area contributed by atoms with E-state index in [0.717, 1.165) is 12.0 Å². The van der Waals surface area contributed by atoms with Gasteiger partial charge in [-0.15, -0.1) is 0 Å². The van der Waals surface area contributed by atoms with Crippen LogP contribution in [-0.2, 0) is 11.3 Å². The van der Waals surface area contributed by atoms with E-state index in [-0.39, 0.29) is 24.8 Å². The number of carbonyl (C=O) groups is 2. The number of nitrogens with zero attached hydrogens (tertiary/aromatic N) is 1. The number of fused-ring (bicyclic) bond motifs is 1. The molecule has 2 heterocycles. The van der Waals surface area contributed by atoms with Crippen molar-refractivity contribution in [1.82, 2.24) is 15.5 Å². The van der Waals surface area contributed by atoms with E-state index in [1.807, 2.05) is 18.2 Å². The first-order valence-electron chi connectivity index (χ1n) is 7.33. The zero-order valence-corrected chi connectivity index (χ0v) is 12.4. The van der Waals surface area contributed by atoms with Crippen molar-refractivity contribution >= 4 is 11.9 Å². The van der Waals surface area contributed by atoms with Gasteiger partial charge in [0, 0.05) is 20.1 Å². The second-order valence-corrected chi connectivity index (χ2v) is 5.31. The molecule has 3 amide bonds. The first-order chi connectivity index (χ1) is 10.7. The van der Waals surface area contributed by atoms with E-state index in [9.17, 15) is 9.59 Å². The number of amides is 3. The molecule has 0 bridgehead atoms. The third kappa shape index (κ3) is 2.79. The van der Waals surface area contributed by atoms with Crippen LogP contribution in [0.1, 0.15) is 18.4 Å². The lowest BCUT2D eigenvalue weighted by Gasteiger charge is -2.23. The molecule has 1 saturated heterocycles. The molecule has 1 atom stereocenters. The first kappa shape index (κ1) is 14.5.